The highest BCUT2D eigenvalue weighted by Gasteiger charge is 2.23. The molecular weight excluding hydrogens is 523 g/mol. The zero-order chi connectivity index (χ0) is 27.9. The van der Waals surface area contributed by atoms with Crippen LogP contribution >= 0.6 is 0 Å². The number of aliphatic hydroxyl groups excluding tert-OH is 1. The Labute approximate surface area is 224 Å². The fraction of sp³-hybridized carbons (Fsp3) is 0.148. The lowest BCUT2D eigenvalue weighted by Crippen LogP contribution is -2.25. The largest absolute Gasteiger partial charge is 0.369 e. The number of rotatable bonds is 6. The molecule has 0 aliphatic carbocycles. The van der Waals surface area contributed by atoms with Gasteiger partial charge in [0.2, 0.25) is 0 Å². The molecule has 2 heterocycles. The van der Waals surface area contributed by atoms with E-state index in [-0.39, 0.29) is 10.7 Å². The van der Waals surface area contributed by atoms with E-state index in [2.05, 4.69) is 20.7 Å². The summed E-state index contributed by atoms with van der Waals surface area (Å²) >= 11 is 0. The molecule has 3 N–H and O–H groups in total. The number of carbonyl (C=O) groups is 1. The van der Waals surface area contributed by atoms with Gasteiger partial charge in [0.1, 0.15) is 11.5 Å². The van der Waals surface area contributed by atoms with Crippen molar-refractivity contribution in [2.75, 3.05) is 23.9 Å². The minimum atomic E-state index is -3.71. The Bertz CT molecular complexity index is 1720. The molecule has 0 saturated heterocycles. The van der Waals surface area contributed by atoms with Gasteiger partial charge in [-0.25, -0.2) is 22.5 Å². The van der Waals surface area contributed by atoms with E-state index < -0.39 is 27.8 Å². The van der Waals surface area contributed by atoms with Crippen molar-refractivity contribution >= 4 is 44.8 Å². The number of fused-ring (bicyclic) bond motifs is 1. The number of carbonyl (C=O) groups excluding carboxylic acids is 1. The molecule has 0 radical (unpaired) electrons. The van der Waals surface area contributed by atoms with Crippen molar-refractivity contribution in [1.82, 2.24) is 14.7 Å². The second-order valence-electron chi connectivity index (χ2n) is 9.19. The van der Waals surface area contributed by atoms with Crippen molar-refractivity contribution in [3.8, 4) is 5.69 Å². The zero-order valence-corrected chi connectivity index (χ0v) is 22.1. The second-order valence-corrected chi connectivity index (χ2v) is 11.2. The highest BCUT2D eigenvalue weighted by molar-refractivity contribution is 7.90. The van der Waals surface area contributed by atoms with Gasteiger partial charge < -0.3 is 20.6 Å². The average molecular weight is 549 g/mol. The van der Waals surface area contributed by atoms with Crippen molar-refractivity contribution in [3.63, 3.8) is 0 Å². The third-order valence-corrected chi connectivity index (χ3v) is 7.17. The molecule has 1 atom stereocenters. The molecular formula is C27H25FN6O4S. The lowest BCUT2D eigenvalue weighted by Gasteiger charge is -2.26. The Balaban J connectivity index is 1.43. The lowest BCUT2D eigenvalue weighted by molar-refractivity contribution is 0.0710. The molecule has 0 fully saturated rings. The normalized spacial score (nSPS) is 14.7. The van der Waals surface area contributed by atoms with Crippen LogP contribution in [-0.2, 0) is 9.84 Å². The summed E-state index contributed by atoms with van der Waals surface area (Å²) in [5.41, 5.74) is 4.40. The average Bonchev–Trinajstić information content (AvgIpc) is 3.35. The summed E-state index contributed by atoms with van der Waals surface area (Å²) in [5.74, 6) is -1.08. The van der Waals surface area contributed by atoms with E-state index >= 15 is 0 Å². The van der Waals surface area contributed by atoms with Gasteiger partial charge in [-0.1, -0.05) is 6.07 Å². The Kier molecular flexibility index (Phi) is 6.66. The van der Waals surface area contributed by atoms with E-state index in [0.717, 1.165) is 22.2 Å². The highest BCUT2D eigenvalue weighted by atomic mass is 32.2. The number of benzene rings is 3. The van der Waals surface area contributed by atoms with Gasteiger partial charge in [0.25, 0.3) is 5.91 Å². The molecule has 200 valence electrons. The molecule has 10 nitrogen and oxygen atoms in total. The molecule has 1 amide bonds. The number of aryl methyl sites for hydroxylation is 1. The number of aliphatic imine (C=N–C) groups is 1. The van der Waals surface area contributed by atoms with Gasteiger partial charge in [-0.3, -0.25) is 4.79 Å². The molecule has 39 heavy (non-hydrogen) atoms. The van der Waals surface area contributed by atoms with Gasteiger partial charge in [-0.15, -0.1) is 0 Å². The number of aromatic nitrogens is 2. The maximum absolute atomic E-state index is 13.5. The summed E-state index contributed by atoms with van der Waals surface area (Å²) in [5, 5.41) is 20.4. The summed E-state index contributed by atoms with van der Waals surface area (Å²) < 4.78 is 38.9. The summed E-state index contributed by atoms with van der Waals surface area (Å²) in [6.45, 7) is 1.90. The van der Waals surface area contributed by atoms with E-state index in [1.165, 1.54) is 30.3 Å². The second kappa shape index (κ2) is 9.97. The maximum atomic E-state index is 13.5. The molecule has 1 aliphatic heterocycles. The Hall–Kier alpha value is -4.55. The third kappa shape index (κ3) is 5.38. The van der Waals surface area contributed by atoms with Gasteiger partial charge in [0.15, 0.2) is 21.1 Å². The van der Waals surface area contributed by atoms with E-state index in [1.807, 2.05) is 25.1 Å². The molecule has 3 aromatic carbocycles. The molecule has 1 unspecified atom stereocenters. The van der Waals surface area contributed by atoms with Gasteiger partial charge in [0.05, 0.1) is 17.7 Å². The molecule has 5 rings (SSSR count). The van der Waals surface area contributed by atoms with Crippen LogP contribution in [0.1, 0.15) is 27.8 Å². The number of sulfone groups is 1. The third-order valence-electron chi connectivity index (χ3n) is 6.22. The zero-order valence-electron chi connectivity index (χ0n) is 21.3. The number of halogens is 1. The van der Waals surface area contributed by atoms with Crippen LogP contribution in [0.15, 0.2) is 76.7 Å². The monoisotopic (exact) mass is 548 g/mol. The number of aliphatic hydroxyl groups is 1. The summed E-state index contributed by atoms with van der Waals surface area (Å²) in [6, 6.07) is 17.1. The van der Waals surface area contributed by atoms with E-state index in [4.69, 9.17) is 0 Å². The van der Waals surface area contributed by atoms with Crippen LogP contribution in [0.25, 0.3) is 5.69 Å². The summed E-state index contributed by atoms with van der Waals surface area (Å²) in [4.78, 5) is 19.2. The van der Waals surface area contributed by atoms with Crippen molar-refractivity contribution in [3.05, 3.63) is 89.4 Å². The molecule has 12 heteroatoms. The fourth-order valence-electron chi connectivity index (χ4n) is 4.06. The molecule has 0 saturated carbocycles. The highest BCUT2D eigenvalue weighted by Crippen LogP contribution is 2.34. The van der Waals surface area contributed by atoms with Crippen LogP contribution in [0, 0.1) is 12.7 Å². The standard InChI is InChI=1S/C27H25FN6O4S/c1-16-4-7-19(13-23(16)30-18-8-11-22-21(12-18)27(36)33(2)15-29-22)31-26(35)24-14-25(39(3,37)38)32-34(24)20-9-5-17(28)6-10-20/h4-15,27,30,36H,1-3H3,(H,31,35). The predicted octanol–water partition coefficient (Wildman–Crippen LogP) is 4.32. The van der Waals surface area contributed by atoms with E-state index in [9.17, 15) is 22.7 Å². The van der Waals surface area contributed by atoms with Crippen molar-refractivity contribution in [1.29, 1.82) is 0 Å². The van der Waals surface area contributed by atoms with E-state index in [1.54, 1.807) is 36.5 Å². The van der Waals surface area contributed by atoms with Gasteiger partial charge in [-0.2, -0.15) is 5.10 Å². The minimum absolute atomic E-state index is 0.0366. The Morgan fingerprint density at radius 3 is 2.46 bits per heavy atom. The number of nitrogens with zero attached hydrogens (tertiary/aromatic N) is 4. The van der Waals surface area contributed by atoms with Gasteiger partial charge >= 0.3 is 0 Å². The molecule has 1 aromatic heterocycles. The van der Waals surface area contributed by atoms with Crippen LogP contribution in [0.4, 0.5) is 27.1 Å². The quantitative estimate of drug-likeness (QED) is 0.327. The Morgan fingerprint density at radius 2 is 1.74 bits per heavy atom. The van der Waals surface area contributed by atoms with Crippen molar-refractivity contribution in [2.45, 2.75) is 18.2 Å². The van der Waals surface area contributed by atoms with Crippen LogP contribution in [-0.4, -0.2) is 53.8 Å². The molecule has 0 bridgehead atoms. The smallest absolute Gasteiger partial charge is 0.274 e. The molecule has 4 aromatic rings. The SMILES string of the molecule is Cc1ccc(NC(=O)c2cc(S(C)(=O)=O)nn2-c2ccc(F)cc2)cc1Nc1ccc2c(c1)C(O)N(C)C=N2. The maximum Gasteiger partial charge on any atom is 0.274 e. The predicted molar refractivity (Wildman–Crippen MR) is 146 cm³/mol. The lowest BCUT2D eigenvalue weighted by atomic mass is 10.1. The minimum Gasteiger partial charge on any atom is -0.369 e. The van der Waals surface area contributed by atoms with Crippen LogP contribution in [0.3, 0.4) is 0 Å². The number of amides is 1. The van der Waals surface area contributed by atoms with Crippen LogP contribution < -0.4 is 10.6 Å². The van der Waals surface area contributed by atoms with Crippen molar-refractivity contribution in [2.24, 2.45) is 4.99 Å². The first-order chi connectivity index (χ1) is 18.5. The first-order valence-corrected chi connectivity index (χ1v) is 13.7. The first-order valence-electron chi connectivity index (χ1n) is 11.8. The number of hydrogen-bond donors (Lipinski definition) is 3. The van der Waals surface area contributed by atoms with E-state index in [0.29, 0.717) is 28.3 Å². The molecule has 0 spiro atoms. The summed E-state index contributed by atoms with van der Waals surface area (Å²) in [6.07, 6.45) is 1.74. The molecule has 1 aliphatic rings. The number of hydrogen-bond acceptors (Lipinski definition) is 8. The van der Waals surface area contributed by atoms with Crippen LogP contribution in [0.2, 0.25) is 0 Å². The number of anilines is 3. The summed E-state index contributed by atoms with van der Waals surface area (Å²) in [7, 11) is -1.98. The number of nitrogens with one attached hydrogen (secondary N) is 2. The van der Waals surface area contributed by atoms with Crippen molar-refractivity contribution < 1.29 is 22.7 Å². The van der Waals surface area contributed by atoms with Gasteiger partial charge in [0, 0.05) is 42.0 Å². The fourth-order valence-corrected chi connectivity index (χ4v) is 4.61. The first kappa shape index (κ1) is 26.1. The van der Waals surface area contributed by atoms with Gasteiger partial charge in [-0.05, 0) is 67.1 Å². The Morgan fingerprint density at radius 1 is 1.03 bits per heavy atom. The topological polar surface area (TPSA) is 129 Å². The van der Waals surface area contributed by atoms with Crippen LogP contribution in [0.5, 0.6) is 0 Å².